The van der Waals surface area contributed by atoms with E-state index in [0.717, 1.165) is 5.56 Å². The maximum absolute atomic E-state index is 11.7. The molecule has 0 saturated heterocycles. The van der Waals surface area contributed by atoms with E-state index in [2.05, 4.69) is 4.98 Å². The number of H-pyrrole nitrogens is 1. The summed E-state index contributed by atoms with van der Waals surface area (Å²) in [6.45, 7) is 0.563. The number of hydrogen-bond donors (Lipinski definition) is 1. The number of aromatic amines is 1. The van der Waals surface area contributed by atoms with E-state index in [-0.39, 0.29) is 12.4 Å². The van der Waals surface area contributed by atoms with Crippen LogP contribution in [-0.4, -0.2) is 16.3 Å². The Bertz CT molecular complexity index is 845. The standard InChI is InChI=1S/C14H11N3O4/c15-6-10-7-17(14(19)16-13(10)18)4-3-9-1-2-11-12(5-9)21-8-20-11/h1-2,5,7H,3-4,8H2,(H,16,18,19). The molecule has 21 heavy (non-hydrogen) atoms. The molecule has 1 aromatic heterocycles. The molecule has 0 amide bonds. The van der Waals surface area contributed by atoms with Gasteiger partial charge in [0.2, 0.25) is 6.79 Å². The molecule has 2 heterocycles. The Kier molecular flexibility index (Phi) is 3.20. The van der Waals surface area contributed by atoms with Crippen LogP contribution in [0.2, 0.25) is 0 Å². The van der Waals surface area contributed by atoms with Gasteiger partial charge in [0.25, 0.3) is 5.56 Å². The minimum Gasteiger partial charge on any atom is -0.454 e. The first-order chi connectivity index (χ1) is 10.2. The smallest absolute Gasteiger partial charge is 0.328 e. The van der Waals surface area contributed by atoms with Crippen LogP contribution in [0.4, 0.5) is 0 Å². The van der Waals surface area contributed by atoms with Crippen LogP contribution >= 0.6 is 0 Å². The van der Waals surface area contributed by atoms with Gasteiger partial charge in [0.05, 0.1) is 0 Å². The molecule has 0 spiro atoms. The number of rotatable bonds is 3. The van der Waals surface area contributed by atoms with Crippen LogP contribution in [-0.2, 0) is 13.0 Å². The number of hydrogen-bond acceptors (Lipinski definition) is 5. The topological polar surface area (TPSA) is 97.1 Å². The number of ether oxygens (including phenoxy) is 2. The Balaban J connectivity index is 1.81. The molecule has 106 valence electrons. The molecule has 0 fully saturated rings. The molecule has 0 radical (unpaired) electrons. The fourth-order valence-corrected chi connectivity index (χ4v) is 2.10. The molecule has 0 bridgehead atoms. The Morgan fingerprint density at radius 1 is 1.29 bits per heavy atom. The highest BCUT2D eigenvalue weighted by Gasteiger charge is 2.13. The van der Waals surface area contributed by atoms with Crippen molar-refractivity contribution in [3.05, 3.63) is 56.4 Å². The highest BCUT2D eigenvalue weighted by molar-refractivity contribution is 5.44. The van der Waals surface area contributed by atoms with E-state index in [1.54, 1.807) is 6.07 Å². The molecule has 0 saturated carbocycles. The number of fused-ring (bicyclic) bond motifs is 1. The summed E-state index contributed by atoms with van der Waals surface area (Å²) in [6.07, 6.45) is 1.83. The summed E-state index contributed by atoms with van der Waals surface area (Å²) >= 11 is 0. The van der Waals surface area contributed by atoms with Gasteiger partial charge in [-0.3, -0.25) is 14.3 Å². The van der Waals surface area contributed by atoms with E-state index in [1.165, 1.54) is 10.8 Å². The predicted molar refractivity (Wildman–Crippen MR) is 72.3 cm³/mol. The van der Waals surface area contributed by atoms with Crippen LogP contribution in [0.25, 0.3) is 0 Å². The molecule has 2 aromatic rings. The van der Waals surface area contributed by atoms with E-state index in [4.69, 9.17) is 14.7 Å². The van der Waals surface area contributed by atoms with E-state index in [9.17, 15) is 9.59 Å². The lowest BCUT2D eigenvalue weighted by Crippen LogP contribution is -2.31. The summed E-state index contributed by atoms with van der Waals surface area (Å²) in [6, 6.07) is 7.30. The lowest BCUT2D eigenvalue weighted by atomic mass is 10.1. The molecule has 0 atom stereocenters. The highest BCUT2D eigenvalue weighted by atomic mass is 16.7. The zero-order valence-electron chi connectivity index (χ0n) is 11.0. The number of nitrogens with zero attached hydrogens (tertiary/aromatic N) is 2. The fourth-order valence-electron chi connectivity index (χ4n) is 2.10. The van der Waals surface area contributed by atoms with Crippen LogP contribution in [0, 0.1) is 11.3 Å². The molecular formula is C14H11N3O4. The second-order valence-corrected chi connectivity index (χ2v) is 4.54. The first-order valence-corrected chi connectivity index (χ1v) is 6.30. The molecule has 0 aliphatic carbocycles. The first-order valence-electron chi connectivity index (χ1n) is 6.30. The van der Waals surface area contributed by atoms with Gasteiger partial charge in [0.15, 0.2) is 11.5 Å². The Morgan fingerprint density at radius 3 is 2.90 bits per heavy atom. The molecular weight excluding hydrogens is 274 g/mol. The van der Waals surface area contributed by atoms with Gasteiger partial charge < -0.3 is 9.47 Å². The van der Waals surface area contributed by atoms with Crippen LogP contribution in [0.1, 0.15) is 11.1 Å². The SMILES string of the molecule is N#Cc1cn(CCc2ccc3c(c2)OCO3)c(=O)[nH]c1=O. The number of aryl methyl sites for hydroxylation is 2. The number of nitrogens with one attached hydrogen (secondary N) is 1. The third kappa shape index (κ3) is 2.51. The lowest BCUT2D eigenvalue weighted by Gasteiger charge is -2.06. The average Bonchev–Trinajstić information content (AvgIpc) is 2.94. The normalized spacial score (nSPS) is 12.1. The summed E-state index contributed by atoms with van der Waals surface area (Å²) in [7, 11) is 0. The first kappa shape index (κ1) is 13.0. The second-order valence-electron chi connectivity index (χ2n) is 4.54. The van der Waals surface area contributed by atoms with Crippen molar-refractivity contribution in [2.75, 3.05) is 6.79 Å². The molecule has 1 aromatic carbocycles. The molecule has 1 aliphatic heterocycles. The minimum atomic E-state index is -0.665. The number of benzene rings is 1. The molecule has 7 heteroatoms. The van der Waals surface area contributed by atoms with Gasteiger partial charge in [-0.05, 0) is 24.1 Å². The largest absolute Gasteiger partial charge is 0.454 e. The van der Waals surface area contributed by atoms with Crippen molar-refractivity contribution in [2.45, 2.75) is 13.0 Å². The van der Waals surface area contributed by atoms with Gasteiger partial charge in [0, 0.05) is 12.7 Å². The Labute approximate surface area is 119 Å². The molecule has 0 unspecified atom stereocenters. The van der Waals surface area contributed by atoms with Crippen LogP contribution in [0.5, 0.6) is 11.5 Å². The van der Waals surface area contributed by atoms with Crippen LogP contribution in [0.15, 0.2) is 34.0 Å². The summed E-state index contributed by atoms with van der Waals surface area (Å²) in [5.41, 5.74) is -0.308. The van der Waals surface area contributed by atoms with Gasteiger partial charge in [-0.1, -0.05) is 6.07 Å². The van der Waals surface area contributed by atoms with Crippen molar-refractivity contribution in [3.63, 3.8) is 0 Å². The van der Waals surface area contributed by atoms with Crippen molar-refractivity contribution >= 4 is 0 Å². The zero-order valence-corrected chi connectivity index (χ0v) is 11.0. The molecule has 1 aliphatic rings. The summed E-state index contributed by atoms with van der Waals surface area (Å²) in [5, 5.41) is 8.81. The van der Waals surface area contributed by atoms with Crippen LogP contribution < -0.4 is 20.7 Å². The van der Waals surface area contributed by atoms with Gasteiger partial charge in [-0.15, -0.1) is 0 Å². The Morgan fingerprint density at radius 2 is 2.10 bits per heavy atom. The summed E-state index contributed by atoms with van der Waals surface area (Å²) in [5.74, 6) is 1.38. The van der Waals surface area contributed by atoms with Crippen molar-refractivity contribution in [1.82, 2.24) is 9.55 Å². The fraction of sp³-hybridized carbons (Fsp3) is 0.214. The van der Waals surface area contributed by atoms with Crippen molar-refractivity contribution in [2.24, 2.45) is 0 Å². The summed E-state index contributed by atoms with van der Waals surface area (Å²) in [4.78, 5) is 25.1. The van der Waals surface area contributed by atoms with Crippen LogP contribution in [0.3, 0.4) is 0 Å². The second kappa shape index (κ2) is 5.17. The lowest BCUT2D eigenvalue weighted by molar-refractivity contribution is 0.174. The Hall–Kier alpha value is -3.01. The van der Waals surface area contributed by atoms with E-state index >= 15 is 0 Å². The van der Waals surface area contributed by atoms with E-state index in [1.807, 2.05) is 18.2 Å². The molecule has 3 rings (SSSR count). The van der Waals surface area contributed by atoms with E-state index in [0.29, 0.717) is 24.5 Å². The van der Waals surface area contributed by atoms with Gasteiger partial charge in [-0.25, -0.2) is 4.79 Å². The highest BCUT2D eigenvalue weighted by Crippen LogP contribution is 2.32. The average molecular weight is 285 g/mol. The van der Waals surface area contributed by atoms with Gasteiger partial charge >= 0.3 is 5.69 Å². The molecule has 1 N–H and O–H groups in total. The van der Waals surface area contributed by atoms with Crippen molar-refractivity contribution < 1.29 is 9.47 Å². The third-order valence-electron chi connectivity index (χ3n) is 3.21. The van der Waals surface area contributed by atoms with Gasteiger partial charge in [-0.2, -0.15) is 5.26 Å². The monoisotopic (exact) mass is 285 g/mol. The predicted octanol–water partition coefficient (Wildman–Crippen LogP) is 0.380. The summed E-state index contributed by atoms with van der Waals surface area (Å²) < 4.78 is 11.8. The molecule has 7 nitrogen and oxygen atoms in total. The number of aromatic nitrogens is 2. The number of nitriles is 1. The quantitative estimate of drug-likeness (QED) is 0.879. The third-order valence-corrected chi connectivity index (χ3v) is 3.21. The van der Waals surface area contributed by atoms with Crippen molar-refractivity contribution in [3.8, 4) is 17.6 Å². The minimum absolute atomic E-state index is 0.0831. The zero-order chi connectivity index (χ0) is 14.8. The maximum Gasteiger partial charge on any atom is 0.328 e. The maximum atomic E-state index is 11.7. The van der Waals surface area contributed by atoms with Gasteiger partial charge in [0.1, 0.15) is 11.6 Å². The van der Waals surface area contributed by atoms with Crippen molar-refractivity contribution in [1.29, 1.82) is 5.26 Å². The van der Waals surface area contributed by atoms with E-state index < -0.39 is 11.2 Å².